The van der Waals surface area contributed by atoms with E-state index in [0.717, 1.165) is 48.9 Å². The third kappa shape index (κ3) is 4.54. The second-order valence-electron chi connectivity index (χ2n) is 7.17. The van der Waals surface area contributed by atoms with Gasteiger partial charge in [-0.15, -0.1) is 0 Å². The predicted molar refractivity (Wildman–Crippen MR) is 114 cm³/mol. The number of nitrogens with one attached hydrogen (secondary N) is 1. The molecule has 1 aliphatic heterocycles. The highest BCUT2D eigenvalue weighted by Crippen LogP contribution is 2.21. The van der Waals surface area contributed by atoms with E-state index in [1.54, 1.807) is 24.4 Å². The molecule has 1 aliphatic rings. The van der Waals surface area contributed by atoms with Crippen LogP contribution in [-0.2, 0) is 0 Å². The standard InChI is InChI=1S/C23H23FN4O/c1-17-2-6-20(7-3-17)26-23(29)18-10-11-25-22(16-18)28-14-12-27(13-15-28)21-8-4-19(24)5-9-21/h2-11,16H,12-15H2,1H3,(H,26,29). The first-order valence-electron chi connectivity index (χ1n) is 9.68. The molecule has 0 saturated carbocycles. The van der Waals surface area contributed by atoms with Crippen molar-refractivity contribution >= 4 is 23.1 Å². The van der Waals surface area contributed by atoms with Gasteiger partial charge in [-0.05, 0) is 55.5 Å². The van der Waals surface area contributed by atoms with Crippen molar-refractivity contribution in [1.82, 2.24) is 4.98 Å². The Labute approximate surface area is 169 Å². The van der Waals surface area contributed by atoms with Gasteiger partial charge in [0.25, 0.3) is 5.91 Å². The van der Waals surface area contributed by atoms with Crippen LogP contribution >= 0.6 is 0 Å². The molecule has 1 N–H and O–H groups in total. The van der Waals surface area contributed by atoms with E-state index in [4.69, 9.17) is 0 Å². The molecule has 0 unspecified atom stereocenters. The number of nitrogens with zero attached hydrogens (tertiary/aromatic N) is 3. The number of hydrogen-bond donors (Lipinski definition) is 1. The summed E-state index contributed by atoms with van der Waals surface area (Å²) in [6, 6.07) is 17.9. The molecule has 1 fully saturated rings. The second-order valence-corrected chi connectivity index (χ2v) is 7.17. The number of carbonyl (C=O) groups is 1. The molecule has 1 amide bonds. The average Bonchev–Trinajstić information content (AvgIpc) is 2.76. The summed E-state index contributed by atoms with van der Waals surface area (Å²) >= 11 is 0. The van der Waals surface area contributed by atoms with Gasteiger partial charge in [0.1, 0.15) is 11.6 Å². The molecule has 2 aromatic carbocycles. The quantitative estimate of drug-likeness (QED) is 0.728. The van der Waals surface area contributed by atoms with Gasteiger partial charge in [0.2, 0.25) is 0 Å². The number of anilines is 3. The number of halogens is 1. The summed E-state index contributed by atoms with van der Waals surface area (Å²) in [5, 5.41) is 2.92. The summed E-state index contributed by atoms with van der Waals surface area (Å²) in [4.78, 5) is 21.4. The van der Waals surface area contributed by atoms with Gasteiger partial charge < -0.3 is 15.1 Å². The molecule has 0 radical (unpaired) electrons. The number of benzene rings is 2. The van der Waals surface area contributed by atoms with Gasteiger partial charge >= 0.3 is 0 Å². The molecule has 1 aromatic heterocycles. The zero-order chi connectivity index (χ0) is 20.2. The van der Waals surface area contributed by atoms with Crippen molar-refractivity contribution in [2.45, 2.75) is 6.92 Å². The minimum absolute atomic E-state index is 0.151. The van der Waals surface area contributed by atoms with Crippen molar-refractivity contribution in [3.63, 3.8) is 0 Å². The lowest BCUT2D eigenvalue weighted by Gasteiger charge is -2.36. The predicted octanol–water partition coefficient (Wildman–Crippen LogP) is 4.11. The van der Waals surface area contributed by atoms with Crippen LogP contribution in [0, 0.1) is 12.7 Å². The van der Waals surface area contributed by atoms with E-state index in [0.29, 0.717) is 5.56 Å². The number of carbonyl (C=O) groups excluding carboxylic acids is 1. The van der Waals surface area contributed by atoms with Gasteiger partial charge in [-0.1, -0.05) is 17.7 Å². The molecular formula is C23H23FN4O. The van der Waals surface area contributed by atoms with E-state index in [2.05, 4.69) is 20.1 Å². The molecule has 4 rings (SSSR count). The Balaban J connectivity index is 1.40. The van der Waals surface area contributed by atoms with Crippen LogP contribution in [0.5, 0.6) is 0 Å². The van der Waals surface area contributed by atoms with Crippen molar-refractivity contribution in [2.75, 3.05) is 41.3 Å². The number of pyridine rings is 1. The Kier molecular flexibility index (Phi) is 5.42. The zero-order valence-electron chi connectivity index (χ0n) is 16.3. The van der Waals surface area contributed by atoms with Crippen molar-refractivity contribution in [3.8, 4) is 0 Å². The normalized spacial score (nSPS) is 14.0. The first-order chi connectivity index (χ1) is 14.1. The molecule has 5 nitrogen and oxygen atoms in total. The molecule has 1 saturated heterocycles. The molecule has 2 heterocycles. The molecule has 6 heteroatoms. The third-order valence-electron chi connectivity index (χ3n) is 5.11. The van der Waals surface area contributed by atoms with Crippen LogP contribution in [-0.4, -0.2) is 37.1 Å². The minimum Gasteiger partial charge on any atom is -0.368 e. The van der Waals surface area contributed by atoms with Crippen LogP contribution in [0.3, 0.4) is 0 Å². The van der Waals surface area contributed by atoms with Gasteiger partial charge in [0, 0.05) is 49.3 Å². The minimum atomic E-state index is -0.225. The summed E-state index contributed by atoms with van der Waals surface area (Å²) < 4.78 is 13.1. The van der Waals surface area contributed by atoms with Gasteiger partial charge in [-0.25, -0.2) is 9.37 Å². The fourth-order valence-corrected chi connectivity index (χ4v) is 3.42. The van der Waals surface area contributed by atoms with E-state index >= 15 is 0 Å². The maximum absolute atomic E-state index is 13.1. The van der Waals surface area contributed by atoms with Crippen LogP contribution in [0.4, 0.5) is 21.6 Å². The lowest BCUT2D eigenvalue weighted by molar-refractivity contribution is 0.102. The summed E-state index contributed by atoms with van der Waals surface area (Å²) in [5.74, 6) is 0.417. The first kappa shape index (κ1) is 18.9. The summed E-state index contributed by atoms with van der Waals surface area (Å²) in [5.41, 5.74) is 3.52. The number of amides is 1. The van der Waals surface area contributed by atoms with E-state index in [1.807, 2.05) is 37.3 Å². The maximum atomic E-state index is 13.1. The number of hydrogen-bond acceptors (Lipinski definition) is 4. The van der Waals surface area contributed by atoms with Gasteiger partial charge in [-0.2, -0.15) is 0 Å². The number of aryl methyl sites for hydroxylation is 1. The summed E-state index contributed by atoms with van der Waals surface area (Å²) in [6.45, 7) is 5.21. The van der Waals surface area contributed by atoms with E-state index < -0.39 is 0 Å². The maximum Gasteiger partial charge on any atom is 0.255 e. The summed E-state index contributed by atoms with van der Waals surface area (Å²) in [7, 11) is 0. The molecule has 0 aliphatic carbocycles. The van der Waals surface area contributed by atoms with Gasteiger partial charge in [0.15, 0.2) is 0 Å². The Morgan fingerprint density at radius 2 is 1.59 bits per heavy atom. The lowest BCUT2D eigenvalue weighted by atomic mass is 10.2. The van der Waals surface area contributed by atoms with Crippen molar-refractivity contribution in [3.05, 3.63) is 83.8 Å². The average molecular weight is 390 g/mol. The lowest BCUT2D eigenvalue weighted by Crippen LogP contribution is -2.46. The van der Waals surface area contributed by atoms with Gasteiger partial charge in [0.05, 0.1) is 0 Å². The van der Waals surface area contributed by atoms with E-state index in [-0.39, 0.29) is 11.7 Å². The Morgan fingerprint density at radius 3 is 2.28 bits per heavy atom. The highest BCUT2D eigenvalue weighted by atomic mass is 19.1. The molecule has 0 bridgehead atoms. The molecule has 0 spiro atoms. The molecule has 0 atom stereocenters. The topological polar surface area (TPSA) is 48.5 Å². The fraction of sp³-hybridized carbons (Fsp3) is 0.217. The number of aromatic nitrogens is 1. The monoisotopic (exact) mass is 390 g/mol. The fourth-order valence-electron chi connectivity index (χ4n) is 3.42. The molecular weight excluding hydrogens is 367 g/mol. The van der Waals surface area contributed by atoms with E-state index in [1.165, 1.54) is 12.1 Å². The van der Waals surface area contributed by atoms with Crippen LogP contribution in [0.1, 0.15) is 15.9 Å². The number of rotatable bonds is 4. The van der Waals surface area contributed by atoms with Crippen LogP contribution in [0.15, 0.2) is 66.9 Å². The Hall–Kier alpha value is -3.41. The zero-order valence-corrected chi connectivity index (χ0v) is 16.3. The highest BCUT2D eigenvalue weighted by molar-refractivity contribution is 6.04. The van der Waals surface area contributed by atoms with E-state index in [9.17, 15) is 9.18 Å². The van der Waals surface area contributed by atoms with Crippen LogP contribution < -0.4 is 15.1 Å². The molecule has 29 heavy (non-hydrogen) atoms. The van der Waals surface area contributed by atoms with Crippen LogP contribution in [0.2, 0.25) is 0 Å². The molecule has 148 valence electrons. The van der Waals surface area contributed by atoms with Crippen molar-refractivity contribution in [1.29, 1.82) is 0 Å². The van der Waals surface area contributed by atoms with Crippen LogP contribution in [0.25, 0.3) is 0 Å². The van der Waals surface area contributed by atoms with Crippen molar-refractivity contribution in [2.24, 2.45) is 0 Å². The molecule has 3 aromatic rings. The van der Waals surface area contributed by atoms with Crippen molar-refractivity contribution < 1.29 is 9.18 Å². The SMILES string of the molecule is Cc1ccc(NC(=O)c2ccnc(N3CCN(c4ccc(F)cc4)CC3)c2)cc1. The summed E-state index contributed by atoms with van der Waals surface area (Å²) in [6.07, 6.45) is 1.67. The second kappa shape index (κ2) is 8.31. The first-order valence-corrected chi connectivity index (χ1v) is 9.68. The highest BCUT2D eigenvalue weighted by Gasteiger charge is 2.19. The third-order valence-corrected chi connectivity index (χ3v) is 5.11. The van der Waals surface area contributed by atoms with Gasteiger partial charge in [-0.3, -0.25) is 4.79 Å². The Bertz CT molecular complexity index is 981. The largest absolute Gasteiger partial charge is 0.368 e. The Morgan fingerprint density at radius 1 is 0.931 bits per heavy atom. The number of piperazine rings is 1. The smallest absolute Gasteiger partial charge is 0.255 e.